The quantitative estimate of drug-likeness (QED) is 0.657. The van der Waals surface area contributed by atoms with Crippen LogP contribution in [0.1, 0.15) is 29.6 Å². The van der Waals surface area contributed by atoms with Crippen molar-refractivity contribution in [3.05, 3.63) is 78.5 Å². The van der Waals surface area contributed by atoms with Crippen molar-refractivity contribution in [3.8, 4) is 0 Å². The van der Waals surface area contributed by atoms with Crippen molar-refractivity contribution < 1.29 is 4.79 Å². The van der Waals surface area contributed by atoms with Gasteiger partial charge in [-0.3, -0.25) is 4.79 Å². The number of hydrogen-bond acceptors (Lipinski definition) is 4. The number of aromatic nitrogens is 1. The zero-order valence-electron chi connectivity index (χ0n) is 15.8. The van der Waals surface area contributed by atoms with E-state index in [0.29, 0.717) is 11.3 Å². The maximum Gasteiger partial charge on any atom is 0.255 e. The van der Waals surface area contributed by atoms with E-state index in [2.05, 4.69) is 44.8 Å². The molecule has 1 amide bonds. The summed E-state index contributed by atoms with van der Waals surface area (Å²) in [6.45, 7) is 2.29. The van der Waals surface area contributed by atoms with E-state index in [-0.39, 0.29) is 5.91 Å². The number of pyridine rings is 1. The van der Waals surface area contributed by atoms with Gasteiger partial charge in [-0.1, -0.05) is 18.2 Å². The van der Waals surface area contributed by atoms with Crippen molar-refractivity contribution in [1.82, 2.24) is 4.98 Å². The molecule has 0 atom stereocenters. The van der Waals surface area contributed by atoms with Crippen LogP contribution in [0, 0.1) is 0 Å². The second-order valence-corrected chi connectivity index (χ2v) is 6.97. The van der Waals surface area contributed by atoms with E-state index in [1.807, 2.05) is 30.3 Å². The molecule has 1 aliphatic heterocycles. The molecule has 0 radical (unpaired) electrons. The summed E-state index contributed by atoms with van der Waals surface area (Å²) < 4.78 is 0. The second kappa shape index (κ2) is 8.57. The summed E-state index contributed by atoms with van der Waals surface area (Å²) in [4.78, 5) is 19.0. The lowest BCUT2D eigenvalue weighted by Crippen LogP contribution is -2.29. The van der Waals surface area contributed by atoms with Gasteiger partial charge in [-0.05, 0) is 67.8 Å². The Balaban J connectivity index is 1.36. The smallest absolute Gasteiger partial charge is 0.255 e. The lowest BCUT2D eigenvalue weighted by molar-refractivity contribution is 0.102. The average Bonchev–Trinajstić information content (AvgIpc) is 2.77. The molecule has 2 N–H and O–H groups in total. The van der Waals surface area contributed by atoms with Gasteiger partial charge < -0.3 is 15.5 Å². The minimum atomic E-state index is -0.142. The van der Waals surface area contributed by atoms with Crippen LogP contribution in [0.2, 0.25) is 0 Å². The van der Waals surface area contributed by atoms with Crippen LogP contribution >= 0.6 is 0 Å². The molecule has 0 spiro atoms. The number of nitrogens with zero attached hydrogens (tertiary/aromatic N) is 2. The summed E-state index contributed by atoms with van der Waals surface area (Å²) in [5, 5.41) is 6.16. The molecule has 1 saturated heterocycles. The SMILES string of the molecule is O=C(Nc1ccc(Nc2ccc(N3CCCCC3)cc2)nc1)c1ccccc1. The van der Waals surface area contributed by atoms with Gasteiger partial charge in [-0.2, -0.15) is 0 Å². The Morgan fingerprint density at radius 2 is 1.54 bits per heavy atom. The van der Waals surface area contributed by atoms with E-state index in [9.17, 15) is 4.79 Å². The summed E-state index contributed by atoms with van der Waals surface area (Å²) >= 11 is 0. The number of amides is 1. The van der Waals surface area contributed by atoms with Gasteiger partial charge in [-0.25, -0.2) is 4.98 Å². The number of hydrogen-bond donors (Lipinski definition) is 2. The molecule has 142 valence electrons. The molecule has 1 aromatic heterocycles. The van der Waals surface area contributed by atoms with E-state index in [0.717, 1.165) is 24.6 Å². The standard InChI is InChI=1S/C23H24N4O/c28-23(18-7-3-1-4-8-18)26-20-11-14-22(24-17-20)25-19-9-12-21(13-10-19)27-15-5-2-6-16-27/h1,3-4,7-14,17H,2,5-6,15-16H2,(H,24,25)(H,26,28). The maximum atomic E-state index is 12.2. The zero-order chi connectivity index (χ0) is 19.2. The van der Waals surface area contributed by atoms with Crippen molar-refractivity contribution in [1.29, 1.82) is 0 Å². The predicted octanol–water partition coefficient (Wildman–Crippen LogP) is 5.07. The monoisotopic (exact) mass is 372 g/mol. The van der Waals surface area contributed by atoms with Crippen LogP contribution in [0.25, 0.3) is 0 Å². The van der Waals surface area contributed by atoms with Crippen LogP contribution in [0.4, 0.5) is 22.9 Å². The predicted molar refractivity (Wildman–Crippen MR) is 114 cm³/mol. The highest BCUT2D eigenvalue weighted by Crippen LogP contribution is 2.23. The van der Waals surface area contributed by atoms with Crippen LogP contribution in [0.15, 0.2) is 72.9 Å². The van der Waals surface area contributed by atoms with E-state index in [1.165, 1.54) is 24.9 Å². The van der Waals surface area contributed by atoms with Gasteiger partial charge in [0.2, 0.25) is 0 Å². The van der Waals surface area contributed by atoms with Crippen LogP contribution < -0.4 is 15.5 Å². The zero-order valence-corrected chi connectivity index (χ0v) is 15.8. The molecule has 2 aromatic carbocycles. The van der Waals surface area contributed by atoms with Crippen LogP contribution in [-0.2, 0) is 0 Å². The van der Waals surface area contributed by atoms with Gasteiger partial charge in [0.1, 0.15) is 5.82 Å². The van der Waals surface area contributed by atoms with Gasteiger partial charge >= 0.3 is 0 Å². The third-order valence-corrected chi connectivity index (χ3v) is 4.92. The fourth-order valence-electron chi connectivity index (χ4n) is 3.39. The molecule has 0 saturated carbocycles. The number of piperidine rings is 1. The maximum absolute atomic E-state index is 12.2. The lowest BCUT2D eigenvalue weighted by atomic mass is 10.1. The first-order chi connectivity index (χ1) is 13.8. The van der Waals surface area contributed by atoms with Crippen LogP contribution in [0.5, 0.6) is 0 Å². The minimum Gasteiger partial charge on any atom is -0.372 e. The molecule has 5 nitrogen and oxygen atoms in total. The van der Waals surface area contributed by atoms with E-state index in [1.54, 1.807) is 18.3 Å². The number of carbonyl (C=O) groups excluding carboxylic acids is 1. The van der Waals surface area contributed by atoms with Crippen molar-refractivity contribution in [2.75, 3.05) is 28.6 Å². The van der Waals surface area contributed by atoms with Crippen molar-refractivity contribution in [2.24, 2.45) is 0 Å². The van der Waals surface area contributed by atoms with Crippen molar-refractivity contribution in [3.63, 3.8) is 0 Å². The van der Waals surface area contributed by atoms with Gasteiger partial charge in [-0.15, -0.1) is 0 Å². The van der Waals surface area contributed by atoms with Crippen molar-refractivity contribution in [2.45, 2.75) is 19.3 Å². The summed E-state index contributed by atoms with van der Waals surface area (Å²) in [5.74, 6) is 0.597. The summed E-state index contributed by atoms with van der Waals surface area (Å²) in [5.41, 5.74) is 3.56. The van der Waals surface area contributed by atoms with E-state index in [4.69, 9.17) is 0 Å². The molecule has 1 aliphatic rings. The third kappa shape index (κ3) is 4.49. The minimum absolute atomic E-state index is 0.142. The Morgan fingerprint density at radius 3 is 2.21 bits per heavy atom. The summed E-state index contributed by atoms with van der Waals surface area (Å²) in [6, 6.07) is 21.3. The number of anilines is 4. The first-order valence-electron chi connectivity index (χ1n) is 9.72. The molecule has 0 aliphatic carbocycles. The highest BCUT2D eigenvalue weighted by molar-refractivity contribution is 6.04. The number of benzene rings is 2. The van der Waals surface area contributed by atoms with Crippen LogP contribution in [0.3, 0.4) is 0 Å². The molecule has 0 bridgehead atoms. The molecule has 28 heavy (non-hydrogen) atoms. The first-order valence-corrected chi connectivity index (χ1v) is 9.72. The molecule has 0 unspecified atom stereocenters. The molecule has 4 rings (SSSR count). The normalized spacial score (nSPS) is 13.8. The van der Waals surface area contributed by atoms with Crippen molar-refractivity contribution >= 4 is 28.8 Å². The second-order valence-electron chi connectivity index (χ2n) is 6.97. The van der Waals surface area contributed by atoms with Gasteiger partial charge in [0.05, 0.1) is 11.9 Å². The summed E-state index contributed by atoms with van der Waals surface area (Å²) in [7, 11) is 0. The number of carbonyl (C=O) groups is 1. The van der Waals surface area contributed by atoms with E-state index >= 15 is 0 Å². The Labute approximate surface area is 165 Å². The Hall–Kier alpha value is -3.34. The third-order valence-electron chi connectivity index (χ3n) is 4.92. The van der Waals surface area contributed by atoms with Gasteiger partial charge in [0.15, 0.2) is 0 Å². The highest BCUT2D eigenvalue weighted by atomic mass is 16.1. The summed E-state index contributed by atoms with van der Waals surface area (Å²) in [6.07, 6.45) is 5.54. The molecule has 1 fully saturated rings. The Bertz CT molecular complexity index is 902. The molecule has 5 heteroatoms. The lowest BCUT2D eigenvalue weighted by Gasteiger charge is -2.28. The topological polar surface area (TPSA) is 57.3 Å². The van der Waals surface area contributed by atoms with Gasteiger partial charge in [0, 0.05) is 30.0 Å². The fourth-order valence-corrected chi connectivity index (χ4v) is 3.39. The number of rotatable bonds is 5. The van der Waals surface area contributed by atoms with Crippen LogP contribution in [-0.4, -0.2) is 24.0 Å². The highest BCUT2D eigenvalue weighted by Gasteiger charge is 2.10. The molecular weight excluding hydrogens is 348 g/mol. The molecule has 2 heterocycles. The molecular formula is C23H24N4O. The first kappa shape index (κ1) is 18.0. The number of nitrogens with one attached hydrogen (secondary N) is 2. The average molecular weight is 372 g/mol. The van der Waals surface area contributed by atoms with Gasteiger partial charge in [0.25, 0.3) is 5.91 Å². The Morgan fingerprint density at radius 1 is 0.821 bits per heavy atom. The molecule has 3 aromatic rings. The van der Waals surface area contributed by atoms with E-state index < -0.39 is 0 Å². The largest absolute Gasteiger partial charge is 0.372 e. The fraction of sp³-hybridized carbons (Fsp3) is 0.217. The Kier molecular flexibility index (Phi) is 5.52.